The van der Waals surface area contributed by atoms with E-state index in [0.717, 1.165) is 37.2 Å². The zero-order chi connectivity index (χ0) is 21.4. The van der Waals surface area contributed by atoms with Crippen LogP contribution >= 0.6 is 0 Å². The first kappa shape index (κ1) is 21.6. The summed E-state index contributed by atoms with van der Waals surface area (Å²) in [6.45, 7) is 14.2. The van der Waals surface area contributed by atoms with Gasteiger partial charge in [-0.3, -0.25) is 4.79 Å². The molecule has 1 saturated heterocycles. The maximum atomic E-state index is 12.6. The van der Waals surface area contributed by atoms with E-state index >= 15 is 0 Å². The standard InChI is InChI=1S/C23H34N2O4/c1-21(2,3)19(26)29-25-15-13-24(14-16-25)18-9-7-17(8-10-18)23(11-12-23)20(27)28-22(4,5)6/h7-10H,11-16H2,1-6H3. The zero-order valence-corrected chi connectivity index (χ0v) is 18.6. The molecule has 1 saturated carbocycles. The number of esters is 1. The van der Waals surface area contributed by atoms with E-state index in [1.165, 1.54) is 0 Å². The molecular formula is C23H34N2O4. The van der Waals surface area contributed by atoms with Gasteiger partial charge in [-0.2, -0.15) is 0 Å². The van der Waals surface area contributed by atoms with Crippen LogP contribution in [0.2, 0.25) is 0 Å². The Morgan fingerprint density at radius 1 is 0.897 bits per heavy atom. The third-order valence-corrected chi connectivity index (χ3v) is 5.39. The molecule has 0 aromatic heterocycles. The normalized spacial score (nSPS) is 19.6. The Kier molecular flexibility index (Phi) is 5.69. The third-order valence-electron chi connectivity index (χ3n) is 5.39. The van der Waals surface area contributed by atoms with Gasteiger partial charge in [0.1, 0.15) is 5.60 Å². The molecule has 0 N–H and O–H groups in total. The van der Waals surface area contributed by atoms with Crippen molar-refractivity contribution < 1.29 is 19.2 Å². The van der Waals surface area contributed by atoms with Crippen LogP contribution in [0.4, 0.5) is 5.69 Å². The van der Waals surface area contributed by atoms with Crippen LogP contribution in [-0.4, -0.2) is 48.8 Å². The molecule has 1 aliphatic heterocycles. The molecule has 0 spiro atoms. The van der Waals surface area contributed by atoms with Gasteiger partial charge in [-0.1, -0.05) is 12.1 Å². The zero-order valence-electron chi connectivity index (χ0n) is 18.6. The van der Waals surface area contributed by atoms with E-state index in [1.807, 2.05) is 41.5 Å². The maximum Gasteiger partial charge on any atom is 0.330 e. The van der Waals surface area contributed by atoms with Crippen LogP contribution in [0.5, 0.6) is 0 Å². The molecule has 29 heavy (non-hydrogen) atoms. The van der Waals surface area contributed by atoms with Gasteiger partial charge < -0.3 is 14.5 Å². The van der Waals surface area contributed by atoms with Gasteiger partial charge in [0.05, 0.1) is 23.9 Å². The number of piperazine rings is 1. The summed E-state index contributed by atoms with van der Waals surface area (Å²) in [6, 6.07) is 8.27. The van der Waals surface area contributed by atoms with Gasteiger partial charge in [-0.05, 0) is 72.1 Å². The molecule has 3 rings (SSSR count). The fraction of sp³-hybridized carbons (Fsp3) is 0.652. The summed E-state index contributed by atoms with van der Waals surface area (Å²) < 4.78 is 5.64. The first-order valence-electron chi connectivity index (χ1n) is 10.5. The lowest BCUT2D eigenvalue weighted by Crippen LogP contribution is -2.48. The Morgan fingerprint density at radius 2 is 1.45 bits per heavy atom. The summed E-state index contributed by atoms with van der Waals surface area (Å²) in [5, 5.41) is 1.75. The smallest absolute Gasteiger partial charge is 0.330 e. The second kappa shape index (κ2) is 7.63. The molecule has 1 aromatic rings. The number of rotatable bonds is 4. The third kappa shape index (κ3) is 5.10. The molecule has 6 heteroatoms. The highest BCUT2D eigenvalue weighted by Gasteiger charge is 2.53. The molecule has 1 aromatic carbocycles. The number of hydroxylamine groups is 2. The lowest BCUT2D eigenvalue weighted by Gasteiger charge is -2.35. The van der Waals surface area contributed by atoms with E-state index < -0.39 is 16.4 Å². The first-order valence-corrected chi connectivity index (χ1v) is 10.5. The second-order valence-electron chi connectivity index (χ2n) is 10.2. The van der Waals surface area contributed by atoms with Crippen molar-refractivity contribution >= 4 is 17.6 Å². The molecular weight excluding hydrogens is 368 g/mol. The Hall–Kier alpha value is -2.08. The molecule has 0 amide bonds. The molecule has 6 nitrogen and oxygen atoms in total. The highest BCUT2D eigenvalue weighted by molar-refractivity contribution is 5.87. The summed E-state index contributed by atoms with van der Waals surface area (Å²) in [6.07, 6.45) is 1.69. The fourth-order valence-corrected chi connectivity index (χ4v) is 3.39. The van der Waals surface area contributed by atoms with E-state index in [0.29, 0.717) is 13.1 Å². The average molecular weight is 403 g/mol. The van der Waals surface area contributed by atoms with E-state index in [9.17, 15) is 9.59 Å². The van der Waals surface area contributed by atoms with Crippen LogP contribution in [0.15, 0.2) is 24.3 Å². The van der Waals surface area contributed by atoms with Crippen molar-refractivity contribution in [1.82, 2.24) is 5.06 Å². The van der Waals surface area contributed by atoms with Gasteiger partial charge >= 0.3 is 11.9 Å². The summed E-state index contributed by atoms with van der Waals surface area (Å²) in [4.78, 5) is 32.5. The topological polar surface area (TPSA) is 59.1 Å². The molecule has 0 atom stereocenters. The minimum absolute atomic E-state index is 0.118. The predicted molar refractivity (Wildman–Crippen MR) is 113 cm³/mol. The summed E-state index contributed by atoms with van der Waals surface area (Å²) >= 11 is 0. The van der Waals surface area contributed by atoms with Gasteiger partial charge in [-0.25, -0.2) is 4.79 Å². The van der Waals surface area contributed by atoms with E-state index in [1.54, 1.807) is 5.06 Å². The van der Waals surface area contributed by atoms with Crippen molar-refractivity contribution in [1.29, 1.82) is 0 Å². The van der Waals surface area contributed by atoms with Crippen molar-refractivity contribution in [2.24, 2.45) is 5.41 Å². The molecule has 1 heterocycles. The van der Waals surface area contributed by atoms with Crippen molar-refractivity contribution in [3.8, 4) is 0 Å². The highest BCUT2D eigenvalue weighted by atomic mass is 16.7. The van der Waals surface area contributed by atoms with Crippen LogP contribution < -0.4 is 4.90 Å². The molecule has 2 aliphatic rings. The molecule has 1 aliphatic carbocycles. The van der Waals surface area contributed by atoms with Gasteiger partial charge in [0.25, 0.3) is 0 Å². The van der Waals surface area contributed by atoms with Gasteiger partial charge in [-0.15, -0.1) is 5.06 Å². The molecule has 160 valence electrons. The number of hydrogen-bond acceptors (Lipinski definition) is 6. The van der Waals surface area contributed by atoms with Crippen molar-refractivity contribution in [3.63, 3.8) is 0 Å². The predicted octanol–water partition coefficient (Wildman–Crippen LogP) is 3.69. The number of carbonyl (C=O) groups is 2. The minimum Gasteiger partial charge on any atom is -0.459 e. The fourth-order valence-electron chi connectivity index (χ4n) is 3.39. The lowest BCUT2D eigenvalue weighted by molar-refractivity contribution is -0.201. The van der Waals surface area contributed by atoms with Crippen LogP contribution in [0.25, 0.3) is 0 Å². The van der Waals surface area contributed by atoms with Crippen LogP contribution in [0, 0.1) is 5.41 Å². The minimum atomic E-state index is -0.500. The Balaban J connectivity index is 1.58. The van der Waals surface area contributed by atoms with Crippen molar-refractivity contribution in [3.05, 3.63) is 29.8 Å². The van der Waals surface area contributed by atoms with Crippen molar-refractivity contribution in [2.75, 3.05) is 31.1 Å². The highest BCUT2D eigenvalue weighted by Crippen LogP contribution is 2.50. The molecule has 2 fully saturated rings. The average Bonchev–Trinajstić information content (AvgIpc) is 3.42. The Labute approximate surface area is 174 Å². The monoisotopic (exact) mass is 402 g/mol. The quantitative estimate of drug-likeness (QED) is 0.716. The maximum absolute atomic E-state index is 12.6. The first-order chi connectivity index (χ1) is 13.4. The summed E-state index contributed by atoms with van der Waals surface area (Å²) in [5.41, 5.74) is 0.720. The summed E-state index contributed by atoms with van der Waals surface area (Å²) in [5.74, 6) is -0.320. The van der Waals surface area contributed by atoms with E-state index in [-0.39, 0.29) is 11.9 Å². The molecule has 0 bridgehead atoms. The Bertz CT molecular complexity index is 747. The van der Waals surface area contributed by atoms with E-state index in [4.69, 9.17) is 9.57 Å². The van der Waals surface area contributed by atoms with Crippen molar-refractivity contribution in [2.45, 2.75) is 65.4 Å². The number of nitrogens with zero attached hydrogens (tertiary/aromatic N) is 2. The van der Waals surface area contributed by atoms with Gasteiger partial charge in [0, 0.05) is 18.8 Å². The number of carbonyl (C=O) groups excluding carboxylic acids is 2. The number of anilines is 1. The number of benzene rings is 1. The van der Waals surface area contributed by atoms with Crippen LogP contribution in [-0.2, 0) is 24.6 Å². The lowest BCUT2D eigenvalue weighted by atomic mass is 9.95. The number of ether oxygens (including phenoxy) is 1. The van der Waals surface area contributed by atoms with E-state index in [2.05, 4.69) is 29.2 Å². The molecule has 0 radical (unpaired) electrons. The SMILES string of the molecule is CC(C)(C)OC(=O)C1(c2ccc(N3CCN(OC(=O)C(C)(C)C)CC3)cc2)CC1. The van der Waals surface area contributed by atoms with Crippen LogP contribution in [0.3, 0.4) is 0 Å². The van der Waals surface area contributed by atoms with Gasteiger partial charge in [0.15, 0.2) is 0 Å². The largest absolute Gasteiger partial charge is 0.459 e. The second-order valence-corrected chi connectivity index (χ2v) is 10.2. The van der Waals surface area contributed by atoms with Gasteiger partial charge in [0.2, 0.25) is 0 Å². The summed E-state index contributed by atoms with van der Waals surface area (Å²) in [7, 11) is 0. The molecule has 0 unspecified atom stereocenters. The number of hydrogen-bond donors (Lipinski definition) is 0. The van der Waals surface area contributed by atoms with Crippen LogP contribution in [0.1, 0.15) is 59.9 Å². The Morgan fingerprint density at radius 3 is 1.90 bits per heavy atom.